The van der Waals surface area contributed by atoms with Gasteiger partial charge in [-0.3, -0.25) is 4.79 Å². The number of carbonyl (C=O) groups is 1. The van der Waals surface area contributed by atoms with Crippen LogP contribution in [0.25, 0.3) is 0 Å². The zero-order valence-electron chi connectivity index (χ0n) is 12.9. The standard InChI is InChI=1S/C17H21N3O.ClH/c1-11-8-12(2)19-16(11)17(21)20-9-14(15(18)10-20)13-6-4-3-5-7-13;/h3-8,14-15,19H,9-10,18H2,1-2H3;1H/t14-,15+;/m0./s1. The molecule has 22 heavy (non-hydrogen) atoms. The summed E-state index contributed by atoms with van der Waals surface area (Å²) in [7, 11) is 0. The molecule has 1 aliphatic rings. The molecule has 1 aliphatic heterocycles. The molecule has 1 fully saturated rings. The molecule has 0 radical (unpaired) electrons. The minimum Gasteiger partial charge on any atom is -0.354 e. The second-order valence-electron chi connectivity index (χ2n) is 5.90. The zero-order chi connectivity index (χ0) is 15.0. The minimum absolute atomic E-state index is 0. The number of rotatable bonds is 2. The van der Waals surface area contributed by atoms with E-state index in [1.807, 2.05) is 43.0 Å². The van der Waals surface area contributed by atoms with Crippen LogP contribution in [0.1, 0.15) is 33.2 Å². The van der Waals surface area contributed by atoms with Gasteiger partial charge >= 0.3 is 0 Å². The van der Waals surface area contributed by atoms with Crippen molar-refractivity contribution in [1.82, 2.24) is 9.88 Å². The van der Waals surface area contributed by atoms with Crippen molar-refractivity contribution in [2.24, 2.45) is 5.73 Å². The van der Waals surface area contributed by atoms with Crippen LogP contribution >= 0.6 is 12.4 Å². The van der Waals surface area contributed by atoms with E-state index in [0.717, 1.165) is 11.3 Å². The summed E-state index contributed by atoms with van der Waals surface area (Å²) in [6, 6.07) is 12.2. The second kappa shape index (κ2) is 6.55. The SMILES string of the molecule is Cc1cc(C)c(C(=O)N2C[C@@H](N)[C@H](c3ccccc3)C2)[nH]1.Cl. The van der Waals surface area contributed by atoms with Crippen LogP contribution in [-0.2, 0) is 0 Å². The summed E-state index contributed by atoms with van der Waals surface area (Å²) in [6.45, 7) is 5.21. The predicted octanol–water partition coefficient (Wildman–Crippen LogP) is 2.62. The van der Waals surface area contributed by atoms with Crippen molar-refractivity contribution in [3.8, 4) is 0 Å². The third-order valence-electron chi connectivity index (χ3n) is 4.24. The lowest BCUT2D eigenvalue weighted by Gasteiger charge is -2.16. The highest BCUT2D eigenvalue weighted by atomic mass is 35.5. The first-order chi connectivity index (χ1) is 10.1. The summed E-state index contributed by atoms with van der Waals surface area (Å²) in [5.74, 6) is 0.265. The van der Waals surface area contributed by atoms with Crippen LogP contribution in [0.15, 0.2) is 36.4 Å². The van der Waals surface area contributed by atoms with Crippen molar-refractivity contribution in [1.29, 1.82) is 0 Å². The highest BCUT2D eigenvalue weighted by Crippen LogP contribution is 2.27. The van der Waals surface area contributed by atoms with E-state index in [1.165, 1.54) is 5.56 Å². The number of aromatic amines is 1. The topological polar surface area (TPSA) is 62.1 Å². The monoisotopic (exact) mass is 319 g/mol. The van der Waals surface area contributed by atoms with Gasteiger partial charge in [0.25, 0.3) is 5.91 Å². The Kier molecular flexibility index (Phi) is 4.94. The predicted molar refractivity (Wildman–Crippen MR) is 90.6 cm³/mol. The van der Waals surface area contributed by atoms with Crippen molar-refractivity contribution in [2.75, 3.05) is 13.1 Å². The molecule has 0 spiro atoms. The Morgan fingerprint density at radius 2 is 1.91 bits per heavy atom. The van der Waals surface area contributed by atoms with E-state index in [-0.39, 0.29) is 30.3 Å². The van der Waals surface area contributed by atoms with E-state index in [2.05, 4.69) is 17.1 Å². The molecule has 3 N–H and O–H groups in total. The van der Waals surface area contributed by atoms with Gasteiger partial charge in [-0.05, 0) is 31.0 Å². The van der Waals surface area contributed by atoms with E-state index < -0.39 is 0 Å². The maximum atomic E-state index is 12.6. The lowest BCUT2D eigenvalue weighted by atomic mass is 9.95. The smallest absolute Gasteiger partial charge is 0.270 e. The third-order valence-corrected chi connectivity index (χ3v) is 4.24. The van der Waals surface area contributed by atoms with Gasteiger partial charge in [-0.2, -0.15) is 0 Å². The fraction of sp³-hybridized carbons (Fsp3) is 0.353. The highest BCUT2D eigenvalue weighted by molar-refractivity contribution is 5.94. The Morgan fingerprint density at radius 3 is 2.50 bits per heavy atom. The number of H-pyrrole nitrogens is 1. The van der Waals surface area contributed by atoms with Crippen LogP contribution in [0.5, 0.6) is 0 Å². The maximum absolute atomic E-state index is 12.6. The Bertz CT molecular complexity index is 653. The normalized spacial score (nSPS) is 20.8. The van der Waals surface area contributed by atoms with Crippen molar-refractivity contribution >= 4 is 18.3 Å². The van der Waals surface area contributed by atoms with Crippen molar-refractivity contribution in [2.45, 2.75) is 25.8 Å². The number of aryl methyl sites for hydroxylation is 2. The van der Waals surface area contributed by atoms with Crippen molar-refractivity contribution in [3.05, 3.63) is 58.9 Å². The number of hydrogen-bond donors (Lipinski definition) is 2. The van der Waals surface area contributed by atoms with E-state index in [1.54, 1.807) is 0 Å². The second-order valence-corrected chi connectivity index (χ2v) is 5.90. The molecule has 1 saturated heterocycles. The Labute approximate surface area is 137 Å². The quantitative estimate of drug-likeness (QED) is 0.894. The first kappa shape index (κ1) is 16.6. The molecule has 1 amide bonds. The van der Waals surface area contributed by atoms with Gasteiger partial charge in [-0.25, -0.2) is 0 Å². The van der Waals surface area contributed by atoms with Gasteiger partial charge in [0.1, 0.15) is 5.69 Å². The van der Waals surface area contributed by atoms with Crippen LogP contribution in [-0.4, -0.2) is 34.9 Å². The van der Waals surface area contributed by atoms with Gasteiger partial charge in [0.05, 0.1) is 0 Å². The van der Waals surface area contributed by atoms with Gasteiger partial charge in [0.15, 0.2) is 0 Å². The molecule has 0 saturated carbocycles. The van der Waals surface area contributed by atoms with Crippen molar-refractivity contribution in [3.63, 3.8) is 0 Å². The summed E-state index contributed by atoms with van der Waals surface area (Å²) in [4.78, 5) is 17.7. The number of amides is 1. The van der Waals surface area contributed by atoms with Gasteiger partial charge < -0.3 is 15.6 Å². The van der Waals surface area contributed by atoms with E-state index >= 15 is 0 Å². The summed E-state index contributed by atoms with van der Waals surface area (Å²) < 4.78 is 0. The molecule has 5 heteroatoms. The first-order valence-corrected chi connectivity index (χ1v) is 7.32. The molecule has 3 rings (SSSR count). The molecule has 2 atom stereocenters. The average Bonchev–Trinajstić information content (AvgIpc) is 3.02. The number of carbonyl (C=O) groups excluding carboxylic acids is 1. The molecule has 0 aliphatic carbocycles. The number of likely N-dealkylation sites (tertiary alicyclic amines) is 1. The molecule has 0 bridgehead atoms. The van der Waals surface area contributed by atoms with Crippen LogP contribution in [0.3, 0.4) is 0 Å². The summed E-state index contributed by atoms with van der Waals surface area (Å²) >= 11 is 0. The Hall–Kier alpha value is -1.78. The molecular weight excluding hydrogens is 298 g/mol. The number of nitrogens with zero attached hydrogens (tertiary/aromatic N) is 1. The van der Waals surface area contributed by atoms with Crippen LogP contribution in [0.4, 0.5) is 0 Å². The van der Waals surface area contributed by atoms with E-state index in [0.29, 0.717) is 18.8 Å². The van der Waals surface area contributed by atoms with Crippen molar-refractivity contribution < 1.29 is 4.79 Å². The highest BCUT2D eigenvalue weighted by Gasteiger charge is 2.34. The molecule has 1 aromatic heterocycles. The number of benzene rings is 1. The fourth-order valence-corrected chi connectivity index (χ4v) is 3.16. The number of nitrogens with one attached hydrogen (secondary N) is 1. The van der Waals surface area contributed by atoms with E-state index in [9.17, 15) is 4.79 Å². The number of nitrogens with two attached hydrogens (primary N) is 1. The fourth-order valence-electron chi connectivity index (χ4n) is 3.16. The molecule has 0 unspecified atom stereocenters. The summed E-state index contributed by atoms with van der Waals surface area (Å²) in [6.07, 6.45) is 0. The molecule has 2 aromatic rings. The third kappa shape index (κ3) is 3.03. The lowest BCUT2D eigenvalue weighted by Crippen LogP contribution is -2.32. The van der Waals surface area contributed by atoms with Gasteiger partial charge in [-0.15, -0.1) is 12.4 Å². The number of hydrogen-bond acceptors (Lipinski definition) is 2. The Morgan fingerprint density at radius 1 is 1.23 bits per heavy atom. The molecule has 1 aromatic carbocycles. The van der Waals surface area contributed by atoms with Gasteiger partial charge in [0, 0.05) is 30.7 Å². The molecular formula is C17H22ClN3O. The van der Waals surface area contributed by atoms with Crippen LogP contribution in [0.2, 0.25) is 0 Å². The maximum Gasteiger partial charge on any atom is 0.270 e. The van der Waals surface area contributed by atoms with Gasteiger partial charge in [0.2, 0.25) is 0 Å². The summed E-state index contributed by atoms with van der Waals surface area (Å²) in [5.41, 5.74) is 10.2. The first-order valence-electron chi connectivity index (χ1n) is 7.32. The molecule has 4 nitrogen and oxygen atoms in total. The van der Waals surface area contributed by atoms with Crippen LogP contribution < -0.4 is 5.73 Å². The number of halogens is 1. The zero-order valence-corrected chi connectivity index (χ0v) is 13.7. The lowest BCUT2D eigenvalue weighted by molar-refractivity contribution is 0.0783. The minimum atomic E-state index is -0.00675. The Balaban J connectivity index is 0.00000176. The number of aromatic nitrogens is 1. The largest absolute Gasteiger partial charge is 0.354 e. The average molecular weight is 320 g/mol. The summed E-state index contributed by atoms with van der Waals surface area (Å²) in [5, 5.41) is 0. The molecule has 2 heterocycles. The van der Waals surface area contributed by atoms with E-state index in [4.69, 9.17) is 5.73 Å². The van der Waals surface area contributed by atoms with Gasteiger partial charge in [-0.1, -0.05) is 30.3 Å². The van der Waals surface area contributed by atoms with Crippen LogP contribution in [0, 0.1) is 13.8 Å². The molecule has 118 valence electrons.